The quantitative estimate of drug-likeness (QED) is 0.227. The summed E-state index contributed by atoms with van der Waals surface area (Å²) < 4.78 is 12.5. The number of methoxy groups -OCH3 is 1. The molecule has 34 heavy (non-hydrogen) atoms. The first-order valence-corrected chi connectivity index (χ1v) is 11.3. The average Bonchev–Trinajstić information content (AvgIpc) is 3.22. The van der Waals surface area contributed by atoms with E-state index in [-0.39, 0.29) is 35.3 Å². The first-order valence-electron chi connectivity index (χ1n) is 11.0. The lowest BCUT2D eigenvalue weighted by Gasteiger charge is -2.28. The summed E-state index contributed by atoms with van der Waals surface area (Å²) in [5, 5.41) is 11.0. The van der Waals surface area contributed by atoms with Gasteiger partial charge in [0.25, 0.3) is 11.6 Å². The van der Waals surface area contributed by atoms with Crippen molar-refractivity contribution in [2.24, 2.45) is 7.05 Å². The number of non-ortho nitro benzene ring substituents is 1. The van der Waals surface area contributed by atoms with Gasteiger partial charge in [-0.15, -0.1) is 0 Å². The molecule has 0 aliphatic rings. The molecule has 0 fully saturated rings. The van der Waals surface area contributed by atoms with E-state index >= 15 is 0 Å². The van der Waals surface area contributed by atoms with Gasteiger partial charge in [-0.2, -0.15) is 0 Å². The number of halogens is 1. The van der Waals surface area contributed by atoms with Gasteiger partial charge in [0.15, 0.2) is 0 Å². The number of hydrogen-bond acceptors (Lipinski definition) is 6. The minimum absolute atomic E-state index is 0.0403. The normalized spacial score (nSPS) is 10.8. The molecule has 0 saturated heterocycles. The van der Waals surface area contributed by atoms with Crippen molar-refractivity contribution in [3.63, 3.8) is 0 Å². The van der Waals surface area contributed by atoms with Crippen molar-refractivity contribution in [3.05, 3.63) is 62.9 Å². The third kappa shape index (κ3) is 7.82. The predicted octanol–water partition coefficient (Wildman–Crippen LogP) is 3.13. The van der Waals surface area contributed by atoms with E-state index in [0.717, 1.165) is 11.8 Å². The van der Waals surface area contributed by atoms with Crippen LogP contribution in [-0.4, -0.2) is 77.7 Å². The third-order valence-electron chi connectivity index (χ3n) is 5.25. The number of amides is 2. The summed E-state index contributed by atoms with van der Waals surface area (Å²) in [7, 11) is 3.46. The molecule has 0 N–H and O–H groups in total. The number of nitro benzene ring substituents is 1. The summed E-state index contributed by atoms with van der Waals surface area (Å²) >= 11 is 6.18. The van der Waals surface area contributed by atoms with E-state index in [4.69, 9.17) is 21.1 Å². The van der Waals surface area contributed by atoms with Crippen LogP contribution in [0.5, 0.6) is 0 Å². The molecular formula is C23H31ClN4O6. The van der Waals surface area contributed by atoms with Gasteiger partial charge in [-0.05, 0) is 31.5 Å². The van der Waals surface area contributed by atoms with Gasteiger partial charge in [0.2, 0.25) is 5.91 Å². The van der Waals surface area contributed by atoms with E-state index in [9.17, 15) is 19.7 Å². The van der Waals surface area contributed by atoms with E-state index in [1.807, 2.05) is 36.9 Å². The maximum Gasteiger partial charge on any atom is 0.270 e. The first-order chi connectivity index (χ1) is 16.3. The van der Waals surface area contributed by atoms with Gasteiger partial charge >= 0.3 is 0 Å². The maximum absolute atomic E-state index is 13.3. The minimum Gasteiger partial charge on any atom is -0.383 e. The predicted molar refractivity (Wildman–Crippen MR) is 128 cm³/mol. The standard InChI is InChI=1S/C23H31ClN4O6/c1-4-34-13-6-11-27(23(30)20-9-8-18(28(31)32)15-21(20)24)17-22(29)26(12-14-33-3)16-19-7-5-10-25(19)2/h5,7-10,15H,4,6,11-14,16-17H2,1-3H3. The molecule has 0 unspecified atom stereocenters. The molecule has 0 spiro atoms. The smallest absolute Gasteiger partial charge is 0.270 e. The molecule has 0 bridgehead atoms. The molecule has 11 heteroatoms. The number of hydrogen-bond donors (Lipinski definition) is 0. The van der Waals surface area contributed by atoms with Crippen LogP contribution >= 0.6 is 11.6 Å². The summed E-state index contributed by atoms with van der Waals surface area (Å²) in [4.78, 5) is 40.0. The van der Waals surface area contributed by atoms with Crippen LogP contribution in [0.1, 0.15) is 29.4 Å². The summed E-state index contributed by atoms with van der Waals surface area (Å²) in [6.45, 7) is 4.02. The lowest BCUT2D eigenvalue weighted by atomic mass is 10.1. The van der Waals surface area contributed by atoms with Crippen molar-refractivity contribution in [1.82, 2.24) is 14.4 Å². The molecule has 0 aliphatic carbocycles. The summed E-state index contributed by atoms with van der Waals surface area (Å²) in [5.74, 6) is -0.726. The molecule has 186 valence electrons. The van der Waals surface area contributed by atoms with E-state index < -0.39 is 10.8 Å². The van der Waals surface area contributed by atoms with Gasteiger partial charge in [-0.25, -0.2) is 0 Å². The number of nitro groups is 1. The van der Waals surface area contributed by atoms with Gasteiger partial charge in [0.1, 0.15) is 6.54 Å². The molecule has 10 nitrogen and oxygen atoms in total. The molecule has 0 atom stereocenters. The highest BCUT2D eigenvalue weighted by Crippen LogP contribution is 2.24. The molecule has 1 aromatic carbocycles. The van der Waals surface area contributed by atoms with Crippen LogP contribution in [0.4, 0.5) is 5.69 Å². The topological polar surface area (TPSA) is 107 Å². The second kappa shape index (κ2) is 13.7. The Labute approximate surface area is 204 Å². The molecule has 1 heterocycles. The van der Waals surface area contributed by atoms with Crippen molar-refractivity contribution in [2.45, 2.75) is 19.9 Å². The fraction of sp³-hybridized carbons (Fsp3) is 0.478. The number of ether oxygens (including phenoxy) is 2. The highest BCUT2D eigenvalue weighted by Gasteiger charge is 2.25. The van der Waals surface area contributed by atoms with Crippen molar-refractivity contribution in [2.75, 3.05) is 46.6 Å². The van der Waals surface area contributed by atoms with Crippen LogP contribution < -0.4 is 0 Å². The molecule has 0 aliphatic heterocycles. The highest BCUT2D eigenvalue weighted by molar-refractivity contribution is 6.34. The van der Waals surface area contributed by atoms with Crippen molar-refractivity contribution in [3.8, 4) is 0 Å². The highest BCUT2D eigenvalue weighted by atomic mass is 35.5. The van der Waals surface area contributed by atoms with Crippen LogP contribution in [0.2, 0.25) is 5.02 Å². The molecule has 0 radical (unpaired) electrons. The zero-order valence-electron chi connectivity index (χ0n) is 19.7. The van der Waals surface area contributed by atoms with Gasteiger partial charge in [-0.3, -0.25) is 19.7 Å². The van der Waals surface area contributed by atoms with Crippen LogP contribution in [0.3, 0.4) is 0 Å². The number of aromatic nitrogens is 1. The Balaban J connectivity index is 2.23. The number of nitrogens with zero attached hydrogens (tertiary/aromatic N) is 4. The third-order valence-corrected chi connectivity index (χ3v) is 5.56. The zero-order chi connectivity index (χ0) is 25.1. The van der Waals surface area contributed by atoms with Gasteiger partial charge in [0.05, 0.1) is 28.7 Å². The molecule has 1 aromatic heterocycles. The van der Waals surface area contributed by atoms with Crippen LogP contribution in [0.25, 0.3) is 0 Å². The Hall–Kier alpha value is -2.95. The Morgan fingerprint density at radius 2 is 1.94 bits per heavy atom. The van der Waals surface area contributed by atoms with E-state index in [1.165, 1.54) is 17.0 Å². The maximum atomic E-state index is 13.3. The second-order valence-electron chi connectivity index (χ2n) is 7.62. The number of rotatable bonds is 14. The van der Waals surface area contributed by atoms with Gasteiger partial charge in [-0.1, -0.05) is 11.6 Å². The fourth-order valence-electron chi connectivity index (χ4n) is 3.33. The number of aryl methyl sites for hydroxylation is 1. The molecule has 2 amide bonds. The van der Waals surface area contributed by atoms with Gasteiger partial charge < -0.3 is 23.8 Å². The lowest BCUT2D eigenvalue weighted by molar-refractivity contribution is -0.384. The Kier molecular flexibility index (Phi) is 11.0. The SMILES string of the molecule is CCOCCCN(CC(=O)N(CCOC)Cc1cccn1C)C(=O)c1ccc([N+](=O)[O-])cc1Cl. The minimum atomic E-state index is -0.583. The van der Waals surface area contributed by atoms with Crippen LogP contribution in [0.15, 0.2) is 36.5 Å². The number of carbonyl (C=O) groups excluding carboxylic acids is 2. The monoisotopic (exact) mass is 494 g/mol. The Bertz CT molecular complexity index is 980. The Morgan fingerprint density at radius 3 is 2.53 bits per heavy atom. The largest absolute Gasteiger partial charge is 0.383 e. The van der Waals surface area contributed by atoms with Crippen molar-refractivity contribution >= 4 is 29.1 Å². The summed E-state index contributed by atoms with van der Waals surface area (Å²) in [5.41, 5.74) is 0.827. The van der Waals surface area contributed by atoms with Crippen molar-refractivity contribution < 1.29 is 24.0 Å². The van der Waals surface area contributed by atoms with E-state index in [0.29, 0.717) is 39.3 Å². The Morgan fingerprint density at radius 1 is 1.18 bits per heavy atom. The zero-order valence-corrected chi connectivity index (χ0v) is 20.5. The summed E-state index contributed by atoms with van der Waals surface area (Å²) in [6.07, 6.45) is 2.42. The van der Waals surface area contributed by atoms with E-state index in [2.05, 4.69) is 0 Å². The average molecular weight is 495 g/mol. The van der Waals surface area contributed by atoms with Gasteiger partial charge in [0, 0.05) is 64.5 Å². The second-order valence-corrected chi connectivity index (χ2v) is 8.02. The molecule has 2 rings (SSSR count). The summed E-state index contributed by atoms with van der Waals surface area (Å²) in [6, 6.07) is 7.49. The van der Waals surface area contributed by atoms with Crippen LogP contribution in [0, 0.1) is 10.1 Å². The first kappa shape index (κ1) is 27.3. The van der Waals surface area contributed by atoms with E-state index in [1.54, 1.807) is 12.0 Å². The molecule has 2 aromatic rings. The lowest BCUT2D eigenvalue weighted by Crippen LogP contribution is -2.44. The van der Waals surface area contributed by atoms with Crippen molar-refractivity contribution in [1.29, 1.82) is 0 Å². The number of benzene rings is 1. The fourth-order valence-corrected chi connectivity index (χ4v) is 3.58. The molecular weight excluding hydrogens is 464 g/mol. The van der Waals surface area contributed by atoms with Crippen LogP contribution in [-0.2, 0) is 27.9 Å². The number of carbonyl (C=O) groups is 2. The molecule has 0 saturated carbocycles.